The summed E-state index contributed by atoms with van der Waals surface area (Å²) in [4.78, 5) is 15.0. The van der Waals surface area contributed by atoms with E-state index < -0.39 is 21.9 Å². The lowest BCUT2D eigenvalue weighted by molar-refractivity contribution is 0.249. The summed E-state index contributed by atoms with van der Waals surface area (Å²) < 4.78 is 31.8. The highest BCUT2D eigenvalue weighted by atomic mass is 35.5. The molecule has 3 aromatic carbocycles. The number of fused-ring (bicyclic) bond motifs is 1. The topological polar surface area (TPSA) is 87.7 Å². The summed E-state index contributed by atoms with van der Waals surface area (Å²) in [5.41, 5.74) is 4.19. The molecule has 37 heavy (non-hydrogen) atoms. The van der Waals surface area contributed by atoms with Gasteiger partial charge >= 0.3 is 6.03 Å². The second-order valence-electron chi connectivity index (χ2n) is 9.18. The average molecular weight is 563 g/mol. The molecule has 3 aromatic rings. The quantitative estimate of drug-likeness (QED) is 0.378. The zero-order chi connectivity index (χ0) is 26.7. The van der Waals surface area contributed by atoms with Gasteiger partial charge in [0.2, 0.25) is 0 Å². The number of hydrogen-bond acceptors (Lipinski definition) is 5. The molecule has 0 aromatic heterocycles. The first kappa shape index (κ1) is 27.3. The number of benzene rings is 3. The Morgan fingerprint density at radius 1 is 1.11 bits per heavy atom. The van der Waals surface area contributed by atoms with Crippen molar-refractivity contribution in [1.29, 1.82) is 0 Å². The maximum atomic E-state index is 13.2. The van der Waals surface area contributed by atoms with E-state index in [-0.39, 0.29) is 16.4 Å². The summed E-state index contributed by atoms with van der Waals surface area (Å²) in [5.74, 6) is 0.114. The van der Waals surface area contributed by atoms with E-state index in [1.807, 2.05) is 18.2 Å². The zero-order valence-electron chi connectivity index (χ0n) is 20.8. The Hall–Kier alpha value is -2.78. The highest BCUT2D eigenvalue weighted by Gasteiger charge is 2.21. The van der Waals surface area contributed by atoms with Crippen LogP contribution in [-0.4, -0.2) is 40.1 Å². The van der Waals surface area contributed by atoms with E-state index >= 15 is 0 Å². The fourth-order valence-electron chi connectivity index (χ4n) is 4.40. The van der Waals surface area contributed by atoms with Crippen molar-refractivity contribution in [2.45, 2.75) is 36.6 Å². The normalized spacial score (nSPS) is 14.5. The van der Waals surface area contributed by atoms with Gasteiger partial charge in [0.15, 0.2) is 9.84 Å². The lowest BCUT2D eigenvalue weighted by Gasteiger charge is -2.25. The Morgan fingerprint density at radius 2 is 1.89 bits per heavy atom. The number of urea groups is 1. The summed E-state index contributed by atoms with van der Waals surface area (Å²) in [5, 5.41) is 6.28. The first-order valence-corrected chi connectivity index (χ1v) is 14.2. The Kier molecular flexibility index (Phi) is 8.33. The number of hydrogen-bond donors (Lipinski definition) is 2. The zero-order valence-corrected chi connectivity index (χ0v) is 23.2. The third-order valence-electron chi connectivity index (χ3n) is 6.41. The Labute approximate surface area is 227 Å². The molecule has 196 valence electrons. The van der Waals surface area contributed by atoms with E-state index in [1.54, 1.807) is 25.1 Å². The molecule has 2 N–H and O–H groups in total. The minimum Gasteiger partial charge on any atom is -0.495 e. The van der Waals surface area contributed by atoms with Gasteiger partial charge < -0.3 is 20.3 Å². The van der Waals surface area contributed by atoms with Crippen molar-refractivity contribution in [3.8, 4) is 5.75 Å². The minimum atomic E-state index is -3.64. The molecule has 10 heteroatoms. The van der Waals surface area contributed by atoms with Crippen LogP contribution in [0.5, 0.6) is 5.75 Å². The average Bonchev–Trinajstić information content (AvgIpc) is 2.85. The SMILES string of the molecule is COc1cc(S(=O)(=O)Cc2ccc3c(c2)CCN(C)C3)ccc1NC(=O)NC(C)c1cccc(Cl)c1Cl. The van der Waals surface area contributed by atoms with Gasteiger partial charge in [-0.25, -0.2) is 13.2 Å². The first-order valence-electron chi connectivity index (χ1n) is 11.8. The van der Waals surface area contributed by atoms with Crippen LogP contribution in [0.1, 0.15) is 35.2 Å². The number of anilines is 1. The van der Waals surface area contributed by atoms with Crippen molar-refractivity contribution in [3.05, 3.63) is 86.9 Å². The number of halogens is 2. The molecule has 1 aliphatic rings. The van der Waals surface area contributed by atoms with Crippen LogP contribution in [0.4, 0.5) is 10.5 Å². The number of nitrogens with zero attached hydrogens (tertiary/aromatic N) is 1. The van der Waals surface area contributed by atoms with E-state index in [0.29, 0.717) is 21.3 Å². The molecular weight excluding hydrogens is 533 g/mol. The minimum absolute atomic E-state index is 0.117. The fourth-order valence-corrected chi connectivity index (χ4v) is 6.21. The molecule has 0 bridgehead atoms. The van der Waals surface area contributed by atoms with Crippen LogP contribution in [-0.2, 0) is 28.6 Å². The monoisotopic (exact) mass is 561 g/mol. The van der Waals surface area contributed by atoms with E-state index in [9.17, 15) is 13.2 Å². The van der Waals surface area contributed by atoms with Crippen LogP contribution in [0.15, 0.2) is 59.5 Å². The van der Waals surface area contributed by atoms with Crippen LogP contribution >= 0.6 is 23.2 Å². The lowest BCUT2D eigenvalue weighted by Crippen LogP contribution is -2.31. The summed E-state index contributed by atoms with van der Waals surface area (Å²) in [6, 6.07) is 14.6. The maximum Gasteiger partial charge on any atom is 0.319 e. The van der Waals surface area contributed by atoms with Gasteiger partial charge in [0, 0.05) is 19.2 Å². The van der Waals surface area contributed by atoms with Gasteiger partial charge in [-0.15, -0.1) is 0 Å². The summed E-state index contributed by atoms with van der Waals surface area (Å²) in [6.45, 7) is 3.60. The number of amides is 2. The Morgan fingerprint density at radius 3 is 2.65 bits per heavy atom. The van der Waals surface area contributed by atoms with E-state index in [4.69, 9.17) is 27.9 Å². The second-order valence-corrected chi connectivity index (χ2v) is 11.9. The standard InChI is InChI=1S/C27H29Cl2N3O4S/c1-17(22-5-4-6-23(28)26(22)29)30-27(33)31-24-10-9-21(14-25(24)36-3)37(34,35)16-18-7-8-20-15-32(2)12-11-19(20)13-18/h4-10,13-14,17H,11-12,15-16H2,1-3H3,(H2,30,31,33). The molecule has 0 saturated heterocycles. The van der Waals surface area contributed by atoms with Crippen molar-refractivity contribution in [1.82, 2.24) is 10.2 Å². The van der Waals surface area contributed by atoms with Gasteiger partial charge in [0.1, 0.15) is 5.75 Å². The molecule has 1 aliphatic heterocycles. The van der Waals surface area contributed by atoms with Crippen LogP contribution in [0.2, 0.25) is 10.0 Å². The lowest BCUT2D eigenvalue weighted by atomic mass is 9.98. The third-order valence-corrected chi connectivity index (χ3v) is 8.93. The molecule has 0 saturated carbocycles. The van der Waals surface area contributed by atoms with E-state index in [1.165, 1.54) is 36.4 Å². The number of rotatable bonds is 7. The maximum absolute atomic E-state index is 13.2. The van der Waals surface area contributed by atoms with Gasteiger partial charge in [-0.05, 0) is 60.8 Å². The van der Waals surface area contributed by atoms with Gasteiger partial charge in [-0.3, -0.25) is 0 Å². The number of carbonyl (C=O) groups is 1. The third kappa shape index (κ3) is 6.38. The van der Waals surface area contributed by atoms with E-state index in [0.717, 1.165) is 25.1 Å². The van der Waals surface area contributed by atoms with Gasteiger partial charge in [-0.1, -0.05) is 53.5 Å². The van der Waals surface area contributed by atoms with E-state index in [2.05, 4.69) is 22.6 Å². The van der Waals surface area contributed by atoms with Crippen molar-refractivity contribution in [2.75, 3.05) is 26.0 Å². The smallest absolute Gasteiger partial charge is 0.319 e. The number of sulfone groups is 1. The van der Waals surface area contributed by atoms with Crippen molar-refractivity contribution < 1.29 is 17.9 Å². The molecule has 2 amide bonds. The van der Waals surface area contributed by atoms with Gasteiger partial charge in [0.25, 0.3) is 0 Å². The molecule has 0 spiro atoms. The number of methoxy groups -OCH3 is 1. The highest BCUT2D eigenvalue weighted by Crippen LogP contribution is 2.32. The molecule has 0 fully saturated rings. The molecule has 1 atom stereocenters. The first-order chi connectivity index (χ1) is 17.6. The van der Waals surface area contributed by atoms with Crippen LogP contribution in [0, 0.1) is 0 Å². The number of likely N-dealkylation sites (N-methyl/N-ethyl adjacent to an activating group) is 1. The van der Waals surface area contributed by atoms with Crippen LogP contribution < -0.4 is 15.4 Å². The molecule has 1 unspecified atom stereocenters. The van der Waals surface area contributed by atoms with Gasteiger partial charge in [-0.2, -0.15) is 0 Å². The summed E-state index contributed by atoms with van der Waals surface area (Å²) >= 11 is 12.3. The number of ether oxygens (including phenoxy) is 1. The van der Waals surface area contributed by atoms with Crippen molar-refractivity contribution >= 4 is 44.8 Å². The molecule has 7 nitrogen and oxygen atoms in total. The second kappa shape index (κ2) is 11.3. The molecule has 0 radical (unpaired) electrons. The molecular formula is C27H29Cl2N3O4S. The molecule has 1 heterocycles. The highest BCUT2D eigenvalue weighted by molar-refractivity contribution is 7.90. The predicted octanol–water partition coefficient (Wildman–Crippen LogP) is 5.85. The van der Waals surface area contributed by atoms with Crippen LogP contribution in [0.3, 0.4) is 0 Å². The number of nitrogens with one attached hydrogen (secondary N) is 2. The Bertz CT molecular complexity index is 1430. The summed E-state index contributed by atoms with van der Waals surface area (Å²) in [7, 11) is -0.142. The largest absolute Gasteiger partial charge is 0.495 e. The van der Waals surface area contributed by atoms with Crippen molar-refractivity contribution in [2.24, 2.45) is 0 Å². The van der Waals surface area contributed by atoms with Gasteiger partial charge in [0.05, 0.1) is 39.5 Å². The fraction of sp³-hybridized carbons (Fsp3) is 0.296. The predicted molar refractivity (Wildman–Crippen MR) is 147 cm³/mol. The molecule has 4 rings (SSSR count). The number of carbonyl (C=O) groups excluding carboxylic acids is 1. The Balaban J connectivity index is 1.47. The summed E-state index contributed by atoms with van der Waals surface area (Å²) in [6.07, 6.45) is 0.901. The van der Waals surface area contributed by atoms with Crippen LogP contribution in [0.25, 0.3) is 0 Å². The van der Waals surface area contributed by atoms with Crippen molar-refractivity contribution in [3.63, 3.8) is 0 Å². The molecule has 0 aliphatic carbocycles.